The first kappa shape index (κ1) is 17.0. The van der Waals surface area contributed by atoms with Crippen molar-refractivity contribution in [3.63, 3.8) is 0 Å². The third-order valence-electron chi connectivity index (χ3n) is 3.04. The van der Waals surface area contributed by atoms with E-state index < -0.39 is 5.91 Å². The normalized spacial score (nSPS) is 11.1. The van der Waals surface area contributed by atoms with Crippen LogP contribution >= 0.6 is 0 Å². The fourth-order valence-corrected chi connectivity index (χ4v) is 1.83. The Bertz CT molecular complexity index is 790. The fraction of sp³-hybridized carbons (Fsp3) is 0.105. The van der Waals surface area contributed by atoms with Crippen LogP contribution in [0.5, 0.6) is 5.75 Å². The summed E-state index contributed by atoms with van der Waals surface area (Å²) < 4.78 is 5.33. The van der Waals surface area contributed by atoms with Gasteiger partial charge in [-0.3, -0.25) is 4.79 Å². The second-order valence-electron chi connectivity index (χ2n) is 4.93. The van der Waals surface area contributed by atoms with E-state index in [9.17, 15) is 4.79 Å². The smallest absolute Gasteiger partial charge is 0.277 e. The molecule has 0 saturated carbocycles. The van der Waals surface area contributed by atoms with Crippen LogP contribution in [0.25, 0.3) is 6.08 Å². The number of carbonyl (C=O) groups excluding carboxylic acids is 1. The Hall–Kier alpha value is -3.39. The molecular formula is C19H17N3O2. The minimum atomic E-state index is -0.393. The lowest BCUT2D eigenvalue weighted by molar-refractivity contribution is -0.123. The first-order valence-electron chi connectivity index (χ1n) is 7.37. The molecule has 0 saturated heterocycles. The summed E-state index contributed by atoms with van der Waals surface area (Å²) in [5, 5.41) is 12.9. The molecule has 0 spiro atoms. The minimum absolute atomic E-state index is 0.210. The Kier molecular flexibility index (Phi) is 6.30. The van der Waals surface area contributed by atoms with Crippen molar-refractivity contribution in [1.82, 2.24) is 5.43 Å². The highest BCUT2D eigenvalue weighted by atomic mass is 16.5. The van der Waals surface area contributed by atoms with Gasteiger partial charge >= 0.3 is 0 Å². The van der Waals surface area contributed by atoms with Gasteiger partial charge in [0, 0.05) is 0 Å². The van der Waals surface area contributed by atoms with Crippen LogP contribution in [-0.4, -0.2) is 18.2 Å². The fourth-order valence-electron chi connectivity index (χ4n) is 1.83. The Morgan fingerprint density at radius 2 is 1.92 bits per heavy atom. The summed E-state index contributed by atoms with van der Waals surface area (Å²) in [5.41, 5.74) is 4.51. The SMILES string of the molecule is CC(C=Cc1ccccc1)=NNC(=O)COc1ccccc1C#N. The van der Waals surface area contributed by atoms with Gasteiger partial charge in [-0.25, -0.2) is 5.43 Å². The van der Waals surface area contributed by atoms with Crippen LogP contribution in [0.15, 0.2) is 65.8 Å². The molecule has 0 aliphatic carbocycles. The van der Waals surface area contributed by atoms with Crippen LogP contribution in [0.2, 0.25) is 0 Å². The number of para-hydroxylation sites is 1. The maximum absolute atomic E-state index is 11.7. The summed E-state index contributed by atoms with van der Waals surface area (Å²) in [6.45, 7) is 1.57. The standard InChI is InChI=1S/C19H17N3O2/c1-15(11-12-16-7-3-2-4-8-16)21-22-19(23)14-24-18-10-6-5-9-17(18)13-20/h2-12H,14H2,1H3,(H,22,23). The van der Waals surface area contributed by atoms with E-state index in [1.54, 1.807) is 37.3 Å². The number of nitrogens with one attached hydrogen (secondary N) is 1. The largest absolute Gasteiger partial charge is 0.482 e. The number of carbonyl (C=O) groups is 1. The molecule has 0 unspecified atom stereocenters. The number of rotatable bonds is 6. The van der Waals surface area contributed by atoms with E-state index in [0.29, 0.717) is 17.0 Å². The number of amides is 1. The van der Waals surface area contributed by atoms with Crippen molar-refractivity contribution >= 4 is 17.7 Å². The van der Waals surface area contributed by atoms with E-state index in [-0.39, 0.29) is 6.61 Å². The van der Waals surface area contributed by atoms with E-state index in [1.165, 1.54) is 0 Å². The zero-order chi connectivity index (χ0) is 17.2. The number of benzene rings is 2. The number of nitriles is 1. The van der Waals surface area contributed by atoms with Gasteiger partial charge in [-0.15, -0.1) is 0 Å². The quantitative estimate of drug-likeness (QED) is 0.656. The van der Waals surface area contributed by atoms with Gasteiger partial charge in [-0.05, 0) is 30.7 Å². The van der Waals surface area contributed by atoms with Crippen LogP contribution in [0.4, 0.5) is 0 Å². The molecule has 2 aromatic carbocycles. The number of hydrogen-bond donors (Lipinski definition) is 1. The summed E-state index contributed by atoms with van der Waals surface area (Å²) in [6, 6.07) is 18.5. The maximum Gasteiger partial charge on any atom is 0.277 e. The summed E-state index contributed by atoms with van der Waals surface area (Å²) in [5.74, 6) is -0.0185. The molecule has 0 radical (unpaired) electrons. The van der Waals surface area contributed by atoms with Gasteiger partial charge < -0.3 is 4.74 Å². The molecule has 1 amide bonds. The molecule has 2 rings (SSSR count). The average Bonchev–Trinajstić information content (AvgIpc) is 2.64. The van der Waals surface area contributed by atoms with Crippen molar-refractivity contribution in [1.29, 1.82) is 5.26 Å². The summed E-state index contributed by atoms with van der Waals surface area (Å²) >= 11 is 0. The van der Waals surface area contributed by atoms with E-state index >= 15 is 0 Å². The second-order valence-corrected chi connectivity index (χ2v) is 4.93. The zero-order valence-corrected chi connectivity index (χ0v) is 13.3. The van der Waals surface area contributed by atoms with Crippen LogP contribution in [0, 0.1) is 11.3 Å². The number of hydrogen-bond acceptors (Lipinski definition) is 4. The lowest BCUT2D eigenvalue weighted by atomic mass is 10.2. The Balaban J connectivity index is 1.84. The number of allylic oxidation sites excluding steroid dienone is 1. The monoisotopic (exact) mass is 319 g/mol. The Labute approximate surface area is 140 Å². The molecule has 24 heavy (non-hydrogen) atoms. The van der Waals surface area contributed by atoms with Crippen LogP contribution in [-0.2, 0) is 4.79 Å². The van der Waals surface area contributed by atoms with Crippen LogP contribution in [0.3, 0.4) is 0 Å². The van der Waals surface area contributed by atoms with Crippen molar-refractivity contribution in [3.8, 4) is 11.8 Å². The lowest BCUT2D eigenvalue weighted by Gasteiger charge is -2.06. The highest BCUT2D eigenvalue weighted by Gasteiger charge is 2.05. The summed E-state index contributed by atoms with van der Waals surface area (Å²) in [6.07, 6.45) is 3.71. The molecule has 5 heteroatoms. The molecule has 1 N–H and O–H groups in total. The van der Waals surface area contributed by atoms with Gasteiger partial charge in [0.25, 0.3) is 5.91 Å². The number of ether oxygens (including phenoxy) is 1. The van der Waals surface area contributed by atoms with E-state index in [4.69, 9.17) is 10.00 Å². The molecule has 0 fully saturated rings. The molecule has 0 aromatic heterocycles. The minimum Gasteiger partial charge on any atom is -0.482 e. The third kappa shape index (κ3) is 5.43. The van der Waals surface area contributed by atoms with Crippen molar-refractivity contribution in [3.05, 3.63) is 71.8 Å². The van der Waals surface area contributed by atoms with E-state index in [1.807, 2.05) is 42.5 Å². The maximum atomic E-state index is 11.7. The average molecular weight is 319 g/mol. The first-order chi connectivity index (χ1) is 11.7. The van der Waals surface area contributed by atoms with Crippen LogP contribution in [0.1, 0.15) is 18.1 Å². The van der Waals surface area contributed by atoms with Gasteiger partial charge in [-0.2, -0.15) is 10.4 Å². The predicted octanol–water partition coefficient (Wildman–Crippen LogP) is 3.14. The summed E-state index contributed by atoms with van der Waals surface area (Å²) in [4.78, 5) is 11.7. The Morgan fingerprint density at radius 1 is 1.21 bits per heavy atom. The molecular weight excluding hydrogens is 302 g/mol. The summed E-state index contributed by atoms with van der Waals surface area (Å²) in [7, 11) is 0. The van der Waals surface area contributed by atoms with Gasteiger partial charge in [0.2, 0.25) is 0 Å². The van der Waals surface area contributed by atoms with E-state index in [0.717, 1.165) is 5.56 Å². The topological polar surface area (TPSA) is 74.5 Å². The highest BCUT2D eigenvalue weighted by molar-refractivity contribution is 5.97. The zero-order valence-electron chi connectivity index (χ0n) is 13.3. The van der Waals surface area contributed by atoms with Crippen molar-refractivity contribution in [2.24, 2.45) is 5.10 Å². The third-order valence-corrected chi connectivity index (χ3v) is 3.04. The molecule has 0 atom stereocenters. The number of nitrogens with zero attached hydrogens (tertiary/aromatic N) is 2. The van der Waals surface area contributed by atoms with Crippen molar-refractivity contribution in [2.75, 3.05) is 6.61 Å². The predicted molar refractivity (Wildman–Crippen MR) is 93.4 cm³/mol. The molecule has 2 aromatic rings. The number of hydrazone groups is 1. The van der Waals surface area contributed by atoms with Crippen LogP contribution < -0.4 is 10.2 Å². The molecule has 5 nitrogen and oxygen atoms in total. The Morgan fingerprint density at radius 3 is 2.67 bits per heavy atom. The van der Waals surface area contributed by atoms with Gasteiger partial charge in [0.1, 0.15) is 11.8 Å². The molecule has 120 valence electrons. The second kappa shape index (κ2) is 8.91. The lowest BCUT2D eigenvalue weighted by Crippen LogP contribution is -2.25. The first-order valence-corrected chi connectivity index (χ1v) is 7.37. The van der Waals surface area contributed by atoms with Gasteiger partial charge in [-0.1, -0.05) is 48.5 Å². The van der Waals surface area contributed by atoms with Crippen molar-refractivity contribution < 1.29 is 9.53 Å². The molecule has 0 heterocycles. The van der Waals surface area contributed by atoms with Crippen molar-refractivity contribution in [2.45, 2.75) is 6.92 Å². The van der Waals surface area contributed by atoms with Gasteiger partial charge in [0.05, 0.1) is 11.3 Å². The highest BCUT2D eigenvalue weighted by Crippen LogP contribution is 2.16. The molecule has 0 aliphatic heterocycles. The molecule has 0 aliphatic rings. The van der Waals surface area contributed by atoms with Gasteiger partial charge in [0.15, 0.2) is 6.61 Å². The molecule has 0 bridgehead atoms. The van der Waals surface area contributed by atoms with E-state index in [2.05, 4.69) is 10.5 Å².